The molecular weight excluding hydrogens is 671 g/mol. The maximum absolute atomic E-state index is 15.3. The van der Waals surface area contributed by atoms with Crippen LogP contribution < -0.4 is 16.8 Å². The van der Waals surface area contributed by atoms with Crippen molar-refractivity contribution in [3.63, 3.8) is 0 Å². The summed E-state index contributed by atoms with van der Waals surface area (Å²) >= 11 is 0. The third kappa shape index (κ3) is 11.4. The molecule has 0 saturated heterocycles. The van der Waals surface area contributed by atoms with Gasteiger partial charge in [0.2, 0.25) is 6.41 Å². The minimum absolute atomic E-state index is 0.0553. The van der Waals surface area contributed by atoms with Gasteiger partial charge in [0.15, 0.2) is 11.6 Å². The van der Waals surface area contributed by atoms with E-state index in [9.17, 15) is 9.50 Å². The van der Waals surface area contributed by atoms with Gasteiger partial charge in [-0.15, -0.1) is 0 Å². The van der Waals surface area contributed by atoms with Crippen LogP contribution in [0.25, 0.3) is 17.0 Å². The Morgan fingerprint density at radius 3 is 2.25 bits per heavy atom. The summed E-state index contributed by atoms with van der Waals surface area (Å²) in [5, 5.41) is 13.9. The number of phenolic OH excluding ortho intramolecular Hbond substituents is 1. The number of amides is 1. The summed E-state index contributed by atoms with van der Waals surface area (Å²) in [4.78, 5) is 22.5. The van der Waals surface area contributed by atoms with Crippen molar-refractivity contribution in [1.29, 1.82) is 0 Å². The van der Waals surface area contributed by atoms with E-state index in [0.717, 1.165) is 75.8 Å². The van der Waals surface area contributed by atoms with Crippen LogP contribution in [0, 0.1) is 25.5 Å². The molecule has 0 spiro atoms. The molecule has 6 N–H and O–H groups in total. The number of nitrogens with one attached hydrogen (secondary N) is 1. The number of halogens is 2. The molecule has 286 valence electrons. The Bertz CT molecular complexity index is 1850. The molecule has 1 aliphatic carbocycles. The average molecular weight is 729 g/mol. The lowest BCUT2D eigenvalue weighted by atomic mass is 9.78. The van der Waals surface area contributed by atoms with Crippen molar-refractivity contribution >= 4 is 24.0 Å². The number of pyridine rings is 2. The Balaban J connectivity index is 0.00000130. The lowest BCUT2D eigenvalue weighted by molar-refractivity contribution is -0.106. The summed E-state index contributed by atoms with van der Waals surface area (Å²) in [7, 11) is 0. The number of nitrogens with two attached hydrogens (primary N) is 2. The maximum Gasteiger partial charge on any atom is 0.204 e. The maximum atomic E-state index is 15.3. The van der Waals surface area contributed by atoms with Gasteiger partial charge in [0.25, 0.3) is 0 Å². The molecule has 0 radical (unpaired) electrons. The predicted molar refractivity (Wildman–Crippen MR) is 216 cm³/mol. The first-order chi connectivity index (χ1) is 25.3. The van der Waals surface area contributed by atoms with Crippen molar-refractivity contribution in [1.82, 2.24) is 15.3 Å². The number of hydrogen-bond acceptors (Lipinski definition) is 7. The number of phenols is 1. The molecule has 1 saturated carbocycles. The molecule has 1 atom stereocenters. The molecule has 53 heavy (non-hydrogen) atoms. The number of anilines is 1. The number of allylic oxidation sites excluding steroid dienone is 1. The fourth-order valence-corrected chi connectivity index (χ4v) is 5.75. The molecule has 1 fully saturated rings. The molecule has 5 rings (SSSR count). The number of carbonyl (C=O) groups excluding carboxylic acids is 1. The number of rotatable bonds is 11. The summed E-state index contributed by atoms with van der Waals surface area (Å²) in [6.07, 6.45) is 10.7. The molecule has 1 unspecified atom stereocenters. The quantitative estimate of drug-likeness (QED) is 0.0689. The van der Waals surface area contributed by atoms with Gasteiger partial charge in [0.05, 0.1) is 17.4 Å². The smallest absolute Gasteiger partial charge is 0.204 e. The first kappa shape index (κ1) is 44.0. The molecule has 2 heterocycles. The Labute approximate surface area is 314 Å². The minimum Gasteiger partial charge on any atom is -0.505 e. The van der Waals surface area contributed by atoms with E-state index in [0.29, 0.717) is 24.3 Å². The molecule has 10 heteroatoms. The number of aliphatic imine (C=N–C) groups is 1. The number of benzene rings is 2. The van der Waals surface area contributed by atoms with Crippen LogP contribution in [-0.2, 0) is 10.2 Å². The van der Waals surface area contributed by atoms with E-state index in [4.69, 9.17) is 15.5 Å². The third-order valence-corrected chi connectivity index (χ3v) is 9.15. The molecule has 2 aromatic carbocycles. The van der Waals surface area contributed by atoms with Crippen LogP contribution in [0.3, 0.4) is 0 Å². The Kier molecular flexibility index (Phi) is 17.3. The number of nitrogens with zero attached hydrogens (tertiary/aromatic N) is 3. The number of nitrogen functional groups attached to an aromatic ring is 1. The van der Waals surface area contributed by atoms with Gasteiger partial charge < -0.3 is 21.9 Å². The third-order valence-electron chi connectivity index (χ3n) is 9.15. The normalized spacial score (nSPS) is 13.1. The number of primary amides is 1. The van der Waals surface area contributed by atoms with Crippen LogP contribution in [0.1, 0.15) is 120 Å². The Morgan fingerprint density at radius 2 is 1.68 bits per heavy atom. The standard InChI is InChI=1S/C38H43F2N5O.2C2H6.CH3NO/c1-7-33(25-15-22(3)36(41)26(16-25)20-43-27-9-10-27)44-21-29(24-11-13-42-14-12-24)34-18-30(38(5,6)8-2)23(4)37(45-34)28-17-35(46)32(40)19-31(28)39;2*1-2;2-1-3/h7,11-20,27,29,44,46H,8-10,21,41H2,1-6H3;2*1-2H3;1H,(H2,2,3). The summed E-state index contributed by atoms with van der Waals surface area (Å²) in [6.45, 7) is 20.8. The molecule has 8 nitrogen and oxygen atoms in total. The number of carbonyl (C=O) groups is 1. The zero-order chi connectivity index (χ0) is 39.9. The molecule has 2 aromatic heterocycles. The Morgan fingerprint density at radius 1 is 1.06 bits per heavy atom. The highest BCUT2D eigenvalue weighted by atomic mass is 19.1. The lowest BCUT2D eigenvalue weighted by Crippen LogP contribution is -2.24. The fourth-order valence-electron chi connectivity index (χ4n) is 5.75. The summed E-state index contributed by atoms with van der Waals surface area (Å²) in [6, 6.07) is 12.4. The largest absolute Gasteiger partial charge is 0.505 e. The van der Waals surface area contributed by atoms with E-state index in [1.165, 1.54) is 0 Å². The number of aromatic hydroxyl groups is 1. The zero-order valence-electron chi connectivity index (χ0n) is 33.0. The van der Waals surface area contributed by atoms with E-state index in [1.807, 2.05) is 72.9 Å². The van der Waals surface area contributed by atoms with E-state index in [-0.39, 0.29) is 23.3 Å². The van der Waals surface area contributed by atoms with E-state index < -0.39 is 17.4 Å². The summed E-state index contributed by atoms with van der Waals surface area (Å²) < 4.78 is 29.4. The zero-order valence-corrected chi connectivity index (χ0v) is 33.0. The monoisotopic (exact) mass is 728 g/mol. The lowest BCUT2D eigenvalue weighted by Gasteiger charge is -2.29. The fraction of sp³-hybridized carbons (Fsp3) is 0.395. The molecule has 1 aliphatic rings. The molecular formula is C43H58F2N6O2. The second-order valence-corrected chi connectivity index (χ2v) is 12.9. The van der Waals surface area contributed by atoms with Gasteiger partial charge in [-0.05, 0) is 110 Å². The van der Waals surface area contributed by atoms with Crippen LogP contribution in [0.4, 0.5) is 14.5 Å². The van der Waals surface area contributed by atoms with Crippen LogP contribution >= 0.6 is 0 Å². The van der Waals surface area contributed by atoms with E-state index in [2.05, 4.69) is 60.0 Å². The highest BCUT2D eigenvalue weighted by molar-refractivity contribution is 5.90. The van der Waals surface area contributed by atoms with E-state index >= 15 is 4.39 Å². The van der Waals surface area contributed by atoms with Crippen LogP contribution in [0.5, 0.6) is 5.75 Å². The highest BCUT2D eigenvalue weighted by Gasteiger charge is 2.28. The first-order valence-corrected chi connectivity index (χ1v) is 18.4. The second-order valence-electron chi connectivity index (χ2n) is 12.9. The van der Waals surface area contributed by atoms with Crippen molar-refractivity contribution < 1.29 is 18.7 Å². The number of aryl methyl sites for hydroxylation is 1. The second kappa shape index (κ2) is 20.8. The van der Waals surface area contributed by atoms with Gasteiger partial charge in [-0.25, -0.2) is 8.78 Å². The average Bonchev–Trinajstić information content (AvgIpc) is 4.00. The predicted octanol–water partition coefficient (Wildman–Crippen LogP) is 9.53. The van der Waals surface area contributed by atoms with Crippen LogP contribution in [-0.4, -0.2) is 40.3 Å². The molecule has 4 aromatic rings. The van der Waals surface area contributed by atoms with E-state index in [1.54, 1.807) is 12.4 Å². The minimum atomic E-state index is -1.01. The van der Waals surface area contributed by atoms with Crippen molar-refractivity contribution in [3.8, 4) is 17.0 Å². The molecule has 0 bridgehead atoms. The Hall–Kier alpha value is -5.12. The van der Waals surface area contributed by atoms with Gasteiger partial charge in [0, 0.05) is 59.6 Å². The summed E-state index contributed by atoms with van der Waals surface area (Å²) in [5.41, 5.74) is 18.8. The van der Waals surface area contributed by atoms with Crippen LogP contribution in [0.15, 0.2) is 65.9 Å². The highest BCUT2D eigenvalue weighted by Crippen LogP contribution is 2.39. The van der Waals surface area contributed by atoms with Crippen molar-refractivity contribution in [3.05, 3.63) is 112 Å². The van der Waals surface area contributed by atoms with Gasteiger partial charge in [-0.2, -0.15) is 0 Å². The SMILES string of the molecule is CC.CC.CC=C(NCC(c1ccncc1)c1cc(C(C)(C)CC)c(C)c(-c2cc(O)c(F)cc2F)n1)c1cc(C)c(N)c(C=NC2CC2)c1.NC=O. The van der Waals surface area contributed by atoms with Gasteiger partial charge in [-0.3, -0.25) is 19.8 Å². The summed E-state index contributed by atoms with van der Waals surface area (Å²) in [5.74, 6) is -2.67. The van der Waals surface area contributed by atoms with Crippen molar-refractivity contribution in [2.75, 3.05) is 12.3 Å². The molecule has 0 aliphatic heterocycles. The number of hydrogen-bond donors (Lipinski definition) is 4. The number of aromatic nitrogens is 2. The molecule has 1 amide bonds. The van der Waals surface area contributed by atoms with Gasteiger partial charge >= 0.3 is 0 Å². The first-order valence-electron chi connectivity index (χ1n) is 18.4. The van der Waals surface area contributed by atoms with Crippen molar-refractivity contribution in [2.45, 2.75) is 106 Å². The van der Waals surface area contributed by atoms with Gasteiger partial charge in [0.1, 0.15) is 5.82 Å². The van der Waals surface area contributed by atoms with Crippen LogP contribution in [0.2, 0.25) is 0 Å². The topological polar surface area (TPSA) is 140 Å². The van der Waals surface area contributed by atoms with Crippen molar-refractivity contribution in [2.24, 2.45) is 10.7 Å². The van der Waals surface area contributed by atoms with Gasteiger partial charge in [-0.1, -0.05) is 54.5 Å².